The lowest BCUT2D eigenvalue weighted by molar-refractivity contribution is -0.136. The average Bonchev–Trinajstić information content (AvgIpc) is 2.92. The lowest BCUT2D eigenvalue weighted by atomic mass is 10.0. The second-order valence-electron chi connectivity index (χ2n) is 10.2. The molecule has 3 N–H and O–H groups in total. The Morgan fingerprint density at radius 3 is 2.55 bits per heavy atom. The van der Waals surface area contributed by atoms with Gasteiger partial charge in [0.15, 0.2) is 0 Å². The third kappa shape index (κ3) is 7.44. The molecule has 0 spiro atoms. The van der Waals surface area contributed by atoms with Gasteiger partial charge in [0, 0.05) is 18.3 Å². The normalized spacial score (nSPS) is 15.2. The number of rotatable bonds is 6. The third-order valence-electron chi connectivity index (χ3n) is 6.24. The van der Waals surface area contributed by atoms with Gasteiger partial charge in [0.2, 0.25) is 5.88 Å². The van der Waals surface area contributed by atoms with Gasteiger partial charge in [-0.15, -0.1) is 0 Å². The molecular weight excluding hydrogens is 512 g/mol. The third-order valence-corrected chi connectivity index (χ3v) is 6.24. The molecule has 11 heteroatoms. The predicted octanol–water partition coefficient (Wildman–Crippen LogP) is 4.29. The molecule has 1 amide bonds. The van der Waals surface area contributed by atoms with Gasteiger partial charge in [-0.2, -0.15) is 0 Å². The number of hydrogen-bond acceptors (Lipinski definition) is 9. The number of aliphatic carboxylic acids is 1. The zero-order chi connectivity index (χ0) is 29.4. The predicted molar refractivity (Wildman–Crippen MR) is 157 cm³/mol. The van der Waals surface area contributed by atoms with Crippen molar-refractivity contribution in [1.82, 2.24) is 4.98 Å². The molecule has 214 valence electrons. The number of anilines is 2. The second kappa shape index (κ2) is 13.2. The van der Waals surface area contributed by atoms with E-state index in [-0.39, 0.29) is 6.42 Å². The van der Waals surface area contributed by atoms with E-state index < -0.39 is 17.7 Å². The summed E-state index contributed by atoms with van der Waals surface area (Å²) in [5.41, 5.74) is 9.51. The van der Waals surface area contributed by atoms with Crippen LogP contribution < -0.4 is 20.3 Å². The minimum atomic E-state index is -0.866. The molecule has 0 radical (unpaired) electrons. The van der Waals surface area contributed by atoms with Gasteiger partial charge in [-0.05, 0) is 71.2 Å². The van der Waals surface area contributed by atoms with Crippen LogP contribution in [0.2, 0.25) is 0 Å². The summed E-state index contributed by atoms with van der Waals surface area (Å²) in [4.78, 5) is 40.9. The molecule has 0 atom stereocenters. The van der Waals surface area contributed by atoms with Crippen molar-refractivity contribution in [2.24, 2.45) is 15.7 Å². The maximum absolute atomic E-state index is 12.9. The van der Waals surface area contributed by atoms with Crippen LogP contribution in [0.5, 0.6) is 5.88 Å². The molecule has 1 aromatic carbocycles. The summed E-state index contributed by atoms with van der Waals surface area (Å²) in [6.45, 7) is 13.2. The first kappa shape index (κ1) is 30.3. The summed E-state index contributed by atoms with van der Waals surface area (Å²) in [6.07, 6.45) is 3.81. The molecule has 40 heavy (non-hydrogen) atoms. The SMILES string of the molecule is C=NC1=C(C=Nc2ccc(CC(=O)O)cc2)CCN(c2cnc3c(c2C)N(C(=O)OC(C)(C)C)CCO3)C1.CN. The second-order valence-corrected chi connectivity index (χ2v) is 10.2. The number of carbonyl (C=O) groups excluding carboxylic acids is 1. The molecular formula is C29H38N6O5. The Hall–Kier alpha value is -4.25. The maximum Gasteiger partial charge on any atom is 0.415 e. The Morgan fingerprint density at radius 1 is 1.23 bits per heavy atom. The van der Waals surface area contributed by atoms with Crippen LogP contribution in [-0.2, 0) is 16.0 Å². The summed E-state index contributed by atoms with van der Waals surface area (Å²) < 4.78 is 11.4. The van der Waals surface area contributed by atoms with Gasteiger partial charge in [0.25, 0.3) is 0 Å². The fraction of sp³-hybridized carbons (Fsp3) is 0.414. The van der Waals surface area contributed by atoms with Crippen molar-refractivity contribution in [3.63, 3.8) is 0 Å². The molecule has 0 bridgehead atoms. The van der Waals surface area contributed by atoms with Crippen molar-refractivity contribution in [2.75, 3.05) is 43.1 Å². The van der Waals surface area contributed by atoms with Crippen molar-refractivity contribution < 1.29 is 24.2 Å². The summed E-state index contributed by atoms with van der Waals surface area (Å²) in [6, 6.07) is 7.12. The Kier molecular flexibility index (Phi) is 10.0. The van der Waals surface area contributed by atoms with Gasteiger partial charge in [0.05, 0.1) is 42.8 Å². The van der Waals surface area contributed by atoms with Gasteiger partial charge < -0.3 is 25.2 Å². The molecule has 0 saturated carbocycles. The van der Waals surface area contributed by atoms with Crippen LogP contribution in [0.1, 0.15) is 38.3 Å². The first-order valence-electron chi connectivity index (χ1n) is 13.0. The first-order valence-corrected chi connectivity index (χ1v) is 13.0. The number of fused-ring (bicyclic) bond motifs is 1. The molecule has 0 aliphatic carbocycles. The van der Waals surface area contributed by atoms with Crippen LogP contribution in [0, 0.1) is 6.92 Å². The highest BCUT2D eigenvalue weighted by Crippen LogP contribution is 2.39. The fourth-order valence-corrected chi connectivity index (χ4v) is 4.43. The lowest BCUT2D eigenvalue weighted by Gasteiger charge is -2.35. The smallest absolute Gasteiger partial charge is 0.415 e. The molecule has 1 aromatic heterocycles. The van der Waals surface area contributed by atoms with Crippen LogP contribution in [0.3, 0.4) is 0 Å². The minimum absolute atomic E-state index is 0.0197. The highest BCUT2D eigenvalue weighted by atomic mass is 16.6. The summed E-state index contributed by atoms with van der Waals surface area (Å²) in [5, 5.41) is 8.93. The Labute approximate surface area is 235 Å². The number of hydrogen-bond donors (Lipinski definition) is 2. The van der Waals surface area contributed by atoms with E-state index in [1.165, 1.54) is 7.05 Å². The van der Waals surface area contributed by atoms with Gasteiger partial charge in [-0.1, -0.05) is 12.1 Å². The number of aromatic nitrogens is 1. The maximum atomic E-state index is 12.9. The van der Waals surface area contributed by atoms with E-state index in [2.05, 4.69) is 32.3 Å². The van der Waals surface area contributed by atoms with Crippen LogP contribution in [-0.4, -0.2) is 74.0 Å². The van der Waals surface area contributed by atoms with Crippen LogP contribution in [0.25, 0.3) is 0 Å². The van der Waals surface area contributed by atoms with Crippen molar-refractivity contribution in [3.8, 4) is 5.88 Å². The molecule has 11 nitrogen and oxygen atoms in total. The van der Waals surface area contributed by atoms with Crippen molar-refractivity contribution in [3.05, 3.63) is 52.9 Å². The number of nitrogens with zero attached hydrogens (tertiary/aromatic N) is 5. The summed E-state index contributed by atoms with van der Waals surface area (Å²) >= 11 is 0. The molecule has 0 fully saturated rings. The van der Waals surface area contributed by atoms with Gasteiger partial charge in [-0.3, -0.25) is 19.7 Å². The Morgan fingerprint density at radius 2 is 1.93 bits per heavy atom. The molecule has 3 heterocycles. The molecule has 4 rings (SSSR count). The van der Waals surface area contributed by atoms with Crippen LogP contribution >= 0.6 is 0 Å². The van der Waals surface area contributed by atoms with Crippen LogP contribution in [0.4, 0.5) is 21.9 Å². The number of benzene rings is 1. The van der Waals surface area contributed by atoms with E-state index >= 15 is 0 Å². The van der Waals surface area contributed by atoms with E-state index in [0.717, 1.165) is 33.8 Å². The number of aliphatic imine (C=N–C) groups is 2. The van der Waals surface area contributed by atoms with Crippen molar-refractivity contribution in [1.29, 1.82) is 0 Å². The number of pyridine rings is 1. The quantitative estimate of drug-likeness (QED) is 0.507. The van der Waals surface area contributed by atoms with E-state index in [1.54, 1.807) is 41.6 Å². The number of ether oxygens (including phenoxy) is 2. The number of carboxylic acids is 1. The Balaban J connectivity index is 0.00000216. The van der Waals surface area contributed by atoms with E-state index in [0.29, 0.717) is 44.2 Å². The fourth-order valence-electron chi connectivity index (χ4n) is 4.43. The standard InChI is InChI=1S/C28H33N5O5.CH5N/c1-18-23(16-31-26-25(18)33(12-13-37-26)27(36)38-28(2,3)4)32-11-10-20(22(17-32)29-5)15-30-21-8-6-19(7-9-21)14-24(34)35;1-2/h6-9,15-16H,5,10-14,17H2,1-4H3,(H,34,35);2H2,1H3. The van der Waals surface area contributed by atoms with E-state index in [4.69, 9.17) is 14.6 Å². The van der Waals surface area contributed by atoms with E-state index in [1.807, 2.05) is 27.7 Å². The number of carbonyl (C=O) groups is 2. The molecule has 2 aliphatic rings. The number of carboxylic acid groups (broad SMARTS) is 1. The zero-order valence-electron chi connectivity index (χ0n) is 23.8. The lowest BCUT2D eigenvalue weighted by Crippen LogP contribution is -2.42. The monoisotopic (exact) mass is 550 g/mol. The Bertz CT molecular complexity index is 1300. The topological polar surface area (TPSA) is 143 Å². The number of nitrogens with two attached hydrogens (primary N) is 1. The highest BCUT2D eigenvalue weighted by molar-refractivity contribution is 5.92. The summed E-state index contributed by atoms with van der Waals surface area (Å²) in [7, 11) is 1.50. The zero-order valence-corrected chi connectivity index (χ0v) is 23.8. The average molecular weight is 551 g/mol. The molecule has 2 aliphatic heterocycles. The van der Waals surface area contributed by atoms with Crippen molar-refractivity contribution in [2.45, 2.75) is 46.1 Å². The largest absolute Gasteiger partial charge is 0.481 e. The van der Waals surface area contributed by atoms with Crippen molar-refractivity contribution >= 4 is 42.1 Å². The summed E-state index contributed by atoms with van der Waals surface area (Å²) in [5.74, 6) is -0.450. The van der Waals surface area contributed by atoms with Crippen LogP contribution in [0.15, 0.2) is 51.7 Å². The highest BCUT2D eigenvalue weighted by Gasteiger charge is 2.32. The van der Waals surface area contributed by atoms with Gasteiger partial charge >= 0.3 is 12.1 Å². The van der Waals surface area contributed by atoms with Gasteiger partial charge in [0.1, 0.15) is 17.9 Å². The molecule has 2 aromatic rings. The first-order chi connectivity index (χ1) is 19.1. The molecule has 0 unspecified atom stereocenters. The minimum Gasteiger partial charge on any atom is -0.481 e. The van der Waals surface area contributed by atoms with E-state index in [9.17, 15) is 9.59 Å². The molecule has 0 saturated heterocycles. The van der Waals surface area contributed by atoms with Gasteiger partial charge in [-0.25, -0.2) is 9.78 Å². The number of amides is 1.